The van der Waals surface area contributed by atoms with Crippen LogP contribution in [0.2, 0.25) is 0 Å². The average Bonchev–Trinajstić information content (AvgIpc) is 2.38. The monoisotopic (exact) mass is 264 g/mol. The van der Waals surface area contributed by atoms with Crippen molar-refractivity contribution < 1.29 is 4.79 Å². The predicted octanol–water partition coefficient (Wildman–Crippen LogP) is 0.205. The van der Waals surface area contributed by atoms with Gasteiger partial charge in [0.15, 0.2) is 0 Å². The van der Waals surface area contributed by atoms with Crippen molar-refractivity contribution in [2.24, 2.45) is 0 Å². The van der Waals surface area contributed by atoms with Gasteiger partial charge in [0.25, 0.3) is 0 Å². The number of anilines is 3. The van der Waals surface area contributed by atoms with Crippen LogP contribution in [0.1, 0.15) is 20.3 Å². The van der Waals surface area contributed by atoms with E-state index in [0.717, 1.165) is 19.5 Å². The van der Waals surface area contributed by atoms with Crippen molar-refractivity contribution >= 4 is 23.5 Å². The van der Waals surface area contributed by atoms with Crippen molar-refractivity contribution in [3.63, 3.8) is 0 Å². The van der Waals surface area contributed by atoms with Crippen molar-refractivity contribution in [2.45, 2.75) is 26.3 Å². The highest BCUT2D eigenvalue weighted by Gasteiger charge is 2.29. The van der Waals surface area contributed by atoms with Crippen LogP contribution < -0.4 is 21.3 Å². The highest BCUT2D eigenvalue weighted by molar-refractivity contribution is 5.86. The van der Waals surface area contributed by atoms with Gasteiger partial charge in [0.05, 0.1) is 0 Å². The Morgan fingerprint density at radius 3 is 3.00 bits per heavy atom. The van der Waals surface area contributed by atoms with E-state index in [4.69, 9.17) is 5.73 Å². The van der Waals surface area contributed by atoms with E-state index in [9.17, 15) is 4.79 Å². The van der Waals surface area contributed by atoms with E-state index in [2.05, 4.69) is 20.6 Å². The highest BCUT2D eigenvalue weighted by atomic mass is 16.2. The van der Waals surface area contributed by atoms with E-state index < -0.39 is 0 Å². The summed E-state index contributed by atoms with van der Waals surface area (Å²) >= 11 is 0. The topological polar surface area (TPSA) is 96.2 Å². The number of nitrogens with zero attached hydrogens (tertiary/aromatic N) is 3. The van der Waals surface area contributed by atoms with Crippen LogP contribution in [-0.2, 0) is 4.79 Å². The zero-order chi connectivity index (χ0) is 13.8. The molecule has 1 atom stereocenters. The number of aromatic nitrogens is 2. The number of nitrogen functional groups attached to an aromatic ring is 1. The Labute approximate surface area is 112 Å². The molecule has 1 aliphatic rings. The maximum atomic E-state index is 11.9. The number of rotatable bonds is 4. The molecule has 7 heteroatoms. The van der Waals surface area contributed by atoms with Crippen LogP contribution in [0.3, 0.4) is 0 Å². The quantitative estimate of drug-likeness (QED) is 0.719. The summed E-state index contributed by atoms with van der Waals surface area (Å²) < 4.78 is 0. The zero-order valence-corrected chi connectivity index (χ0v) is 11.3. The molecule has 1 aromatic rings. The Balaban J connectivity index is 2.31. The molecular weight excluding hydrogens is 244 g/mol. The van der Waals surface area contributed by atoms with Gasteiger partial charge in [-0.3, -0.25) is 4.79 Å². The first-order chi connectivity index (χ1) is 9.15. The predicted molar refractivity (Wildman–Crippen MR) is 75.0 cm³/mol. The summed E-state index contributed by atoms with van der Waals surface area (Å²) in [5.74, 6) is 1.64. The number of amides is 1. The molecule has 19 heavy (non-hydrogen) atoms. The van der Waals surface area contributed by atoms with Gasteiger partial charge < -0.3 is 21.3 Å². The summed E-state index contributed by atoms with van der Waals surface area (Å²) in [6, 6.07) is 1.64. The Kier molecular flexibility index (Phi) is 4.03. The lowest BCUT2D eigenvalue weighted by atomic mass is 10.1. The third kappa shape index (κ3) is 2.86. The van der Waals surface area contributed by atoms with Crippen LogP contribution in [0.25, 0.3) is 0 Å². The van der Waals surface area contributed by atoms with Crippen LogP contribution in [-0.4, -0.2) is 41.6 Å². The summed E-state index contributed by atoms with van der Waals surface area (Å²) in [4.78, 5) is 22.2. The lowest BCUT2D eigenvalue weighted by Gasteiger charge is -2.35. The van der Waals surface area contributed by atoms with E-state index in [1.54, 1.807) is 0 Å². The number of carbonyl (C=O) groups excluding carboxylic acids is 1. The number of hydrogen-bond acceptors (Lipinski definition) is 6. The first kappa shape index (κ1) is 13.4. The molecule has 0 bridgehead atoms. The molecule has 0 saturated carbocycles. The molecule has 0 aromatic carbocycles. The Morgan fingerprint density at radius 1 is 1.53 bits per heavy atom. The first-order valence-electron chi connectivity index (χ1n) is 6.58. The molecule has 1 saturated heterocycles. The number of hydrogen-bond donors (Lipinski definition) is 3. The van der Waals surface area contributed by atoms with Gasteiger partial charge >= 0.3 is 0 Å². The fourth-order valence-corrected chi connectivity index (χ4v) is 2.27. The molecule has 2 heterocycles. The van der Waals surface area contributed by atoms with E-state index >= 15 is 0 Å². The fourth-order valence-electron chi connectivity index (χ4n) is 2.27. The van der Waals surface area contributed by atoms with Gasteiger partial charge in [-0.1, -0.05) is 6.92 Å². The van der Waals surface area contributed by atoms with E-state index in [1.807, 2.05) is 24.8 Å². The van der Waals surface area contributed by atoms with Crippen molar-refractivity contribution in [1.82, 2.24) is 15.3 Å². The Morgan fingerprint density at radius 2 is 2.32 bits per heavy atom. The summed E-state index contributed by atoms with van der Waals surface area (Å²) in [6.07, 6.45) is 0.728. The minimum atomic E-state index is -0.197. The molecule has 104 valence electrons. The van der Waals surface area contributed by atoms with Gasteiger partial charge in [0.2, 0.25) is 11.9 Å². The number of carbonyl (C=O) groups is 1. The Bertz CT molecular complexity index is 464. The first-order valence-corrected chi connectivity index (χ1v) is 6.58. The molecule has 0 spiro atoms. The Hall–Kier alpha value is -2.05. The molecule has 0 aliphatic carbocycles. The second kappa shape index (κ2) is 5.73. The van der Waals surface area contributed by atoms with Crippen LogP contribution in [0, 0.1) is 0 Å². The standard InChI is InChI=1S/C12H20N6O/c1-3-8-11(19)15-5-6-18(8)10-7-9(14-4-2)16-12(13)17-10/h7-8H,3-6H2,1-2H3,(H,15,19)(H3,13,14,16,17). The summed E-state index contributed by atoms with van der Waals surface area (Å²) in [7, 11) is 0. The minimum absolute atomic E-state index is 0.0379. The van der Waals surface area contributed by atoms with Gasteiger partial charge in [-0.05, 0) is 13.3 Å². The summed E-state index contributed by atoms with van der Waals surface area (Å²) in [5, 5.41) is 5.98. The van der Waals surface area contributed by atoms with Crippen LogP contribution in [0.15, 0.2) is 6.07 Å². The van der Waals surface area contributed by atoms with Gasteiger partial charge in [-0.2, -0.15) is 9.97 Å². The molecule has 1 amide bonds. The van der Waals surface area contributed by atoms with Crippen molar-refractivity contribution in [2.75, 3.05) is 35.6 Å². The van der Waals surface area contributed by atoms with E-state index in [-0.39, 0.29) is 17.9 Å². The van der Waals surface area contributed by atoms with Crippen molar-refractivity contribution in [3.05, 3.63) is 6.07 Å². The highest BCUT2D eigenvalue weighted by Crippen LogP contribution is 2.21. The zero-order valence-electron chi connectivity index (χ0n) is 11.3. The van der Waals surface area contributed by atoms with Gasteiger partial charge in [0.1, 0.15) is 17.7 Å². The third-order valence-corrected chi connectivity index (χ3v) is 3.10. The van der Waals surface area contributed by atoms with Crippen LogP contribution in [0.5, 0.6) is 0 Å². The molecule has 0 radical (unpaired) electrons. The smallest absolute Gasteiger partial charge is 0.242 e. The molecule has 1 fully saturated rings. The number of piperazine rings is 1. The maximum absolute atomic E-state index is 11.9. The van der Waals surface area contributed by atoms with Crippen LogP contribution in [0.4, 0.5) is 17.6 Å². The third-order valence-electron chi connectivity index (χ3n) is 3.10. The molecule has 4 N–H and O–H groups in total. The SMILES string of the molecule is CCNc1cc(N2CCNC(=O)C2CC)nc(N)n1. The molecule has 1 aliphatic heterocycles. The lowest BCUT2D eigenvalue weighted by molar-refractivity contribution is -0.123. The van der Waals surface area contributed by atoms with E-state index in [0.29, 0.717) is 18.2 Å². The summed E-state index contributed by atoms with van der Waals surface area (Å²) in [5.41, 5.74) is 5.73. The molecule has 7 nitrogen and oxygen atoms in total. The van der Waals surface area contributed by atoms with Gasteiger partial charge in [-0.25, -0.2) is 0 Å². The molecule has 1 aromatic heterocycles. The summed E-state index contributed by atoms with van der Waals surface area (Å²) in [6.45, 7) is 6.08. The molecule has 1 unspecified atom stereocenters. The number of nitrogens with one attached hydrogen (secondary N) is 2. The van der Waals surface area contributed by atoms with Crippen molar-refractivity contribution in [1.29, 1.82) is 0 Å². The average molecular weight is 264 g/mol. The van der Waals surface area contributed by atoms with Gasteiger partial charge in [-0.15, -0.1) is 0 Å². The maximum Gasteiger partial charge on any atom is 0.242 e. The fraction of sp³-hybridized carbons (Fsp3) is 0.583. The second-order valence-electron chi connectivity index (χ2n) is 4.41. The largest absolute Gasteiger partial charge is 0.370 e. The second-order valence-corrected chi connectivity index (χ2v) is 4.41. The number of nitrogens with two attached hydrogens (primary N) is 1. The van der Waals surface area contributed by atoms with Crippen molar-refractivity contribution in [3.8, 4) is 0 Å². The molecular formula is C12H20N6O. The lowest BCUT2D eigenvalue weighted by Crippen LogP contribution is -2.55. The minimum Gasteiger partial charge on any atom is -0.370 e. The normalized spacial score (nSPS) is 19.2. The van der Waals surface area contributed by atoms with E-state index in [1.165, 1.54) is 0 Å². The van der Waals surface area contributed by atoms with Crippen LogP contribution >= 0.6 is 0 Å². The van der Waals surface area contributed by atoms with Gasteiger partial charge in [0, 0.05) is 25.7 Å². The molecule has 2 rings (SSSR count).